The summed E-state index contributed by atoms with van der Waals surface area (Å²) < 4.78 is 10.4. The van der Waals surface area contributed by atoms with Crippen molar-refractivity contribution in [2.45, 2.75) is 6.92 Å². The molecule has 0 aliphatic carbocycles. The molecule has 0 atom stereocenters. The fraction of sp³-hybridized carbons (Fsp3) is 0.143. The number of hydrogen-bond donors (Lipinski definition) is 3. The van der Waals surface area contributed by atoms with E-state index in [9.17, 15) is 9.90 Å². The Bertz CT molecular complexity index is 1020. The first-order valence-corrected chi connectivity index (χ1v) is 8.57. The van der Waals surface area contributed by atoms with Crippen LogP contribution >= 0.6 is 0 Å². The summed E-state index contributed by atoms with van der Waals surface area (Å²) in [6.45, 7) is 1.84. The number of hydrazone groups is 1. The zero-order valence-corrected chi connectivity index (χ0v) is 15.8. The van der Waals surface area contributed by atoms with Gasteiger partial charge in [0.2, 0.25) is 0 Å². The van der Waals surface area contributed by atoms with Crippen molar-refractivity contribution in [1.82, 2.24) is 10.4 Å². The molecule has 0 bridgehead atoms. The third kappa shape index (κ3) is 3.98. The van der Waals surface area contributed by atoms with Crippen molar-refractivity contribution in [2.24, 2.45) is 5.10 Å². The number of aryl methyl sites for hydroxylation is 1. The lowest BCUT2D eigenvalue weighted by atomic mass is 10.1. The van der Waals surface area contributed by atoms with Gasteiger partial charge in [0, 0.05) is 11.3 Å². The molecule has 2 aromatic carbocycles. The molecule has 1 heterocycles. The Morgan fingerprint density at radius 1 is 1.11 bits per heavy atom. The molecule has 1 aromatic heterocycles. The van der Waals surface area contributed by atoms with E-state index in [2.05, 4.69) is 15.5 Å². The molecule has 0 saturated heterocycles. The number of carbonyl (C=O) groups is 1. The van der Waals surface area contributed by atoms with E-state index >= 15 is 0 Å². The van der Waals surface area contributed by atoms with E-state index in [1.807, 2.05) is 37.3 Å². The van der Waals surface area contributed by atoms with Gasteiger partial charge < -0.3 is 19.6 Å². The SMILES string of the molecule is COc1ccc(/C=N/NC(=O)c2[nH]c(-c3ccccc3OC)cc2C)cc1O. The summed E-state index contributed by atoms with van der Waals surface area (Å²) in [5.41, 5.74) is 5.95. The van der Waals surface area contributed by atoms with Gasteiger partial charge in [0.15, 0.2) is 11.5 Å². The van der Waals surface area contributed by atoms with E-state index in [4.69, 9.17) is 9.47 Å². The van der Waals surface area contributed by atoms with Crippen LogP contribution in [-0.2, 0) is 0 Å². The third-order valence-electron chi connectivity index (χ3n) is 4.22. The number of phenols is 1. The molecular formula is C21H21N3O4. The molecule has 3 aromatic rings. The maximum Gasteiger partial charge on any atom is 0.288 e. The second-order valence-electron chi connectivity index (χ2n) is 6.07. The Kier molecular flexibility index (Phi) is 5.64. The Labute approximate surface area is 162 Å². The molecule has 0 radical (unpaired) electrons. The maximum absolute atomic E-state index is 12.5. The Hall–Kier alpha value is -3.74. The highest BCUT2D eigenvalue weighted by atomic mass is 16.5. The van der Waals surface area contributed by atoms with Crippen LogP contribution in [0.15, 0.2) is 53.6 Å². The molecule has 1 amide bonds. The number of methoxy groups -OCH3 is 2. The van der Waals surface area contributed by atoms with Crippen molar-refractivity contribution < 1.29 is 19.4 Å². The zero-order valence-electron chi connectivity index (χ0n) is 15.8. The predicted molar refractivity (Wildman–Crippen MR) is 107 cm³/mol. The minimum absolute atomic E-state index is 0.000519. The second kappa shape index (κ2) is 8.30. The van der Waals surface area contributed by atoms with Gasteiger partial charge in [-0.25, -0.2) is 5.43 Å². The maximum atomic E-state index is 12.5. The number of amides is 1. The Morgan fingerprint density at radius 3 is 2.57 bits per heavy atom. The van der Waals surface area contributed by atoms with Crippen molar-refractivity contribution in [3.05, 3.63) is 65.4 Å². The van der Waals surface area contributed by atoms with Crippen LogP contribution in [0.5, 0.6) is 17.2 Å². The smallest absolute Gasteiger partial charge is 0.288 e. The predicted octanol–water partition coefficient (Wildman–Crippen LogP) is 3.48. The number of aromatic nitrogens is 1. The van der Waals surface area contributed by atoms with E-state index < -0.39 is 0 Å². The topological polar surface area (TPSA) is 95.9 Å². The average molecular weight is 379 g/mol. The number of carbonyl (C=O) groups excluding carboxylic acids is 1. The number of para-hydroxylation sites is 1. The van der Waals surface area contributed by atoms with E-state index in [1.54, 1.807) is 19.2 Å². The lowest BCUT2D eigenvalue weighted by molar-refractivity contribution is 0.0950. The Balaban J connectivity index is 1.75. The van der Waals surface area contributed by atoms with Crippen molar-refractivity contribution in [3.63, 3.8) is 0 Å². The summed E-state index contributed by atoms with van der Waals surface area (Å²) in [6.07, 6.45) is 1.44. The molecule has 0 spiro atoms. The summed E-state index contributed by atoms with van der Waals surface area (Å²) >= 11 is 0. The highest BCUT2D eigenvalue weighted by Crippen LogP contribution is 2.30. The standard InChI is InChI=1S/C21H21N3O4/c1-13-10-16(15-6-4-5-7-18(15)27-2)23-20(13)21(26)24-22-12-14-8-9-19(28-3)17(25)11-14/h4-12,23,25H,1-3H3,(H,24,26)/b22-12+. The monoisotopic (exact) mass is 379 g/mol. The largest absolute Gasteiger partial charge is 0.504 e. The van der Waals surface area contributed by atoms with Crippen LogP contribution in [0.2, 0.25) is 0 Å². The Morgan fingerprint density at radius 2 is 1.86 bits per heavy atom. The number of aromatic amines is 1. The minimum atomic E-state index is -0.368. The van der Waals surface area contributed by atoms with Gasteiger partial charge in [-0.2, -0.15) is 5.10 Å². The fourth-order valence-corrected chi connectivity index (χ4v) is 2.81. The van der Waals surface area contributed by atoms with Crippen LogP contribution in [0.25, 0.3) is 11.3 Å². The fourth-order valence-electron chi connectivity index (χ4n) is 2.81. The van der Waals surface area contributed by atoms with Gasteiger partial charge >= 0.3 is 0 Å². The average Bonchev–Trinajstić information content (AvgIpc) is 3.09. The van der Waals surface area contributed by atoms with Crippen molar-refractivity contribution >= 4 is 12.1 Å². The number of hydrogen-bond acceptors (Lipinski definition) is 5. The molecule has 7 nitrogen and oxygen atoms in total. The van der Waals surface area contributed by atoms with Gasteiger partial charge in [-0.1, -0.05) is 12.1 Å². The normalized spacial score (nSPS) is 10.8. The van der Waals surface area contributed by atoms with Crippen LogP contribution in [0.3, 0.4) is 0 Å². The lowest BCUT2D eigenvalue weighted by Gasteiger charge is -2.06. The lowest BCUT2D eigenvalue weighted by Crippen LogP contribution is -2.19. The summed E-state index contributed by atoms with van der Waals surface area (Å²) in [4.78, 5) is 15.6. The molecule has 28 heavy (non-hydrogen) atoms. The molecular weight excluding hydrogens is 358 g/mol. The summed E-state index contributed by atoms with van der Waals surface area (Å²) in [5, 5.41) is 13.7. The van der Waals surface area contributed by atoms with E-state index in [1.165, 1.54) is 19.4 Å². The van der Waals surface area contributed by atoms with E-state index in [0.717, 1.165) is 16.8 Å². The number of phenolic OH excluding ortho intramolecular Hbond substituents is 1. The van der Waals surface area contributed by atoms with Crippen LogP contribution in [0, 0.1) is 6.92 Å². The number of nitrogens with one attached hydrogen (secondary N) is 2. The van der Waals surface area contributed by atoms with Gasteiger partial charge in [-0.05, 0) is 54.4 Å². The second-order valence-corrected chi connectivity index (χ2v) is 6.07. The number of H-pyrrole nitrogens is 1. The van der Waals surface area contributed by atoms with Crippen LogP contribution in [-0.4, -0.2) is 36.4 Å². The molecule has 0 aliphatic rings. The molecule has 3 rings (SSSR count). The molecule has 3 N–H and O–H groups in total. The summed E-state index contributed by atoms with van der Waals surface area (Å²) in [6, 6.07) is 14.3. The van der Waals surface area contributed by atoms with Crippen molar-refractivity contribution in [2.75, 3.05) is 14.2 Å². The molecule has 0 unspecified atom stereocenters. The van der Waals surface area contributed by atoms with E-state index in [0.29, 0.717) is 22.8 Å². The highest BCUT2D eigenvalue weighted by Gasteiger charge is 2.15. The first-order valence-electron chi connectivity index (χ1n) is 8.57. The first kappa shape index (κ1) is 19.0. The molecule has 0 fully saturated rings. The zero-order chi connectivity index (χ0) is 20.1. The van der Waals surface area contributed by atoms with Gasteiger partial charge in [-0.3, -0.25) is 4.79 Å². The van der Waals surface area contributed by atoms with E-state index in [-0.39, 0.29) is 11.7 Å². The number of nitrogens with zero attached hydrogens (tertiary/aromatic N) is 1. The van der Waals surface area contributed by atoms with Gasteiger partial charge in [-0.15, -0.1) is 0 Å². The third-order valence-corrected chi connectivity index (χ3v) is 4.22. The molecule has 7 heteroatoms. The first-order chi connectivity index (χ1) is 13.5. The van der Waals surface area contributed by atoms with Gasteiger partial charge in [0.25, 0.3) is 5.91 Å². The van der Waals surface area contributed by atoms with Crippen molar-refractivity contribution in [1.29, 1.82) is 0 Å². The van der Waals surface area contributed by atoms with Crippen LogP contribution in [0.1, 0.15) is 21.6 Å². The molecule has 0 saturated carbocycles. The highest BCUT2D eigenvalue weighted by molar-refractivity contribution is 5.95. The number of aromatic hydroxyl groups is 1. The van der Waals surface area contributed by atoms with Gasteiger partial charge in [0.05, 0.1) is 20.4 Å². The molecule has 0 aliphatic heterocycles. The number of ether oxygens (including phenoxy) is 2. The molecule has 144 valence electrons. The quantitative estimate of drug-likeness (QED) is 0.451. The van der Waals surface area contributed by atoms with Crippen molar-refractivity contribution in [3.8, 4) is 28.5 Å². The van der Waals surface area contributed by atoms with Gasteiger partial charge in [0.1, 0.15) is 11.4 Å². The van der Waals surface area contributed by atoms with Crippen LogP contribution in [0.4, 0.5) is 0 Å². The number of benzene rings is 2. The summed E-state index contributed by atoms with van der Waals surface area (Å²) in [5.74, 6) is 0.715. The summed E-state index contributed by atoms with van der Waals surface area (Å²) in [7, 11) is 3.08. The van der Waals surface area contributed by atoms with Crippen LogP contribution < -0.4 is 14.9 Å². The number of rotatable bonds is 6. The minimum Gasteiger partial charge on any atom is -0.504 e.